The standard InChI is InChI=1S/C39H23N3S/c1-2-8-24(9-3-1)29-20-32-33-22-40-23-42-39(33)37(28-16-17-35-31(19-28)30-12-6-7-13-34(30)43-35)36(38(32)41-21-29)27-15-14-25-10-4-5-11-26(25)18-27/h1-23H. The Kier molecular flexibility index (Phi) is 5.37. The number of benzene rings is 6. The molecule has 0 N–H and O–H groups in total. The molecule has 9 rings (SSSR count). The number of rotatable bonds is 3. The fourth-order valence-corrected chi connectivity index (χ4v) is 7.50. The molecule has 0 aliphatic rings. The minimum Gasteiger partial charge on any atom is -0.255 e. The molecule has 3 nitrogen and oxygen atoms in total. The predicted molar refractivity (Wildman–Crippen MR) is 182 cm³/mol. The maximum atomic E-state index is 5.20. The normalized spacial score (nSPS) is 11.7. The third-order valence-electron chi connectivity index (χ3n) is 8.42. The molecule has 0 unspecified atom stereocenters. The molecule has 200 valence electrons. The van der Waals surface area contributed by atoms with E-state index in [4.69, 9.17) is 9.97 Å². The Bertz CT molecular complexity index is 2510. The largest absolute Gasteiger partial charge is 0.255 e. The second-order valence-corrected chi connectivity index (χ2v) is 12.0. The summed E-state index contributed by atoms with van der Waals surface area (Å²) in [6, 6.07) is 43.4. The van der Waals surface area contributed by atoms with Gasteiger partial charge in [0.15, 0.2) is 0 Å². The fourth-order valence-electron chi connectivity index (χ4n) is 6.41. The highest BCUT2D eigenvalue weighted by molar-refractivity contribution is 7.25. The molecule has 0 amide bonds. The molecule has 4 heteroatoms. The van der Waals surface area contributed by atoms with Gasteiger partial charge >= 0.3 is 0 Å². The van der Waals surface area contributed by atoms with Gasteiger partial charge in [0.25, 0.3) is 0 Å². The predicted octanol–water partition coefficient (Wildman–Crippen LogP) is 10.7. The maximum absolute atomic E-state index is 5.20. The molecular weight excluding hydrogens is 543 g/mol. The molecule has 0 radical (unpaired) electrons. The molecule has 6 aromatic carbocycles. The van der Waals surface area contributed by atoms with Gasteiger partial charge in [-0.3, -0.25) is 4.98 Å². The maximum Gasteiger partial charge on any atom is 0.116 e. The Hall–Kier alpha value is -5.45. The van der Waals surface area contributed by atoms with E-state index in [0.717, 1.165) is 55.2 Å². The van der Waals surface area contributed by atoms with Crippen LogP contribution in [0.1, 0.15) is 0 Å². The van der Waals surface area contributed by atoms with Crippen LogP contribution in [-0.2, 0) is 0 Å². The van der Waals surface area contributed by atoms with Crippen LogP contribution in [0.5, 0.6) is 0 Å². The number of fused-ring (bicyclic) bond motifs is 7. The molecule has 0 spiro atoms. The van der Waals surface area contributed by atoms with Crippen molar-refractivity contribution in [3.63, 3.8) is 0 Å². The summed E-state index contributed by atoms with van der Waals surface area (Å²) in [5, 5.41) is 7.00. The minimum absolute atomic E-state index is 0.927. The lowest BCUT2D eigenvalue weighted by Crippen LogP contribution is -1.96. The summed E-state index contributed by atoms with van der Waals surface area (Å²) in [6.45, 7) is 0. The molecule has 0 aliphatic heterocycles. The Morgan fingerprint density at radius 3 is 2.02 bits per heavy atom. The van der Waals surface area contributed by atoms with Crippen LogP contribution in [0.4, 0.5) is 0 Å². The second-order valence-electron chi connectivity index (χ2n) is 10.9. The average Bonchev–Trinajstić information content (AvgIpc) is 3.45. The van der Waals surface area contributed by atoms with Crippen molar-refractivity contribution in [2.24, 2.45) is 0 Å². The zero-order chi connectivity index (χ0) is 28.3. The van der Waals surface area contributed by atoms with Gasteiger partial charge in [0.2, 0.25) is 0 Å². The van der Waals surface area contributed by atoms with E-state index in [2.05, 4.69) is 120 Å². The van der Waals surface area contributed by atoms with Gasteiger partial charge in [-0.05, 0) is 57.8 Å². The quantitative estimate of drug-likeness (QED) is 0.200. The molecule has 0 bridgehead atoms. The van der Waals surface area contributed by atoms with E-state index in [0.29, 0.717) is 0 Å². The lowest BCUT2D eigenvalue weighted by atomic mass is 9.87. The third-order valence-corrected chi connectivity index (χ3v) is 9.58. The molecule has 43 heavy (non-hydrogen) atoms. The SMILES string of the molecule is c1ccc(-c2cnc3c(-c4ccc5ccccc5c4)c(-c4ccc5sc6ccccc6c5c4)c4ncncc4c3c2)cc1. The van der Waals surface area contributed by atoms with Crippen molar-refractivity contribution in [3.8, 4) is 33.4 Å². The number of hydrogen-bond acceptors (Lipinski definition) is 4. The lowest BCUT2D eigenvalue weighted by Gasteiger charge is -2.18. The third kappa shape index (κ3) is 3.84. The summed E-state index contributed by atoms with van der Waals surface area (Å²) in [7, 11) is 0. The molecule has 3 aromatic heterocycles. The van der Waals surface area contributed by atoms with Crippen molar-refractivity contribution in [3.05, 3.63) is 140 Å². The molecule has 0 fully saturated rings. The highest BCUT2D eigenvalue weighted by Crippen LogP contribution is 2.46. The average molecular weight is 566 g/mol. The van der Waals surface area contributed by atoms with E-state index in [1.54, 1.807) is 6.33 Å². The van der Waals surface area contributed by atoms with Crippen LogP contribution in [0.2, 0.25) is 0 Å². The monoisotopic (exact) mass is 565 g/mol. The summed E-state index contributed by atoms with van der Waals surface area (Å²) in [5.74, 6) is 0. The molecule has 3 heterocycles. The van der Waals surface area contributed by atoms with Crippen LogP contribution in [-0.4, -0.2) is 15.0 Å². The molecule has 0 aliphatic carbocycles. The highest BCUT2D eigenvalue weighted by Gasteiger charge is 2.21. The topological polar surface area (TPSA) is 38.7 Å². The van der Waals surface area contributed by atoms with Crippen LogP contribution >= 0.6 is 11.3 Å². The van der Waals surface area contributed by atoms with Crippen molar-refractivity contribution < 1.29 is 0 Å². The fraction of sp³-hybridized carbons (Fsp3) is 0. The van der Waals surface area contributed by atoms with Gasteiger partial charge in [-0.15, -0.1) is 11.3 Å². The van der Waals surface area contributed by atoms with Crippen LogP contribution < -0.4 is 0 Å². The van der Waals surface area contributed by atoms with E-state index in [-0.39, 0.29) is 0 Å². The summed E-state index contributed by atoms with van der Waals surface area (Å²) in [4.78, 5) is 14.6. The highest BCUT2D eigenvalue weighted by atomic mass is 32.1. The first kappa shape index (κ1) is 24.2. The molecular formula is C39H23N3S. The van der Waals surface area contributed by atoms with Gasteiger partial charge in [-0.2, -0.15) is 0 Å². The van der Waals surface area contributed by atoms with Gasteiger partial charge in [0.05, 0.1) is 11.0 Å². The van der Waals surface area contributed by atoms with E-state index >= 15 is 0 Å². The number of aromatic nitrogens is 3. The minimum atomic E-state index is 0.927. The smallest absolute Gasteiger partial charge is 0.116 e. The molecule has 9 aromatic rings. The lowest BCUT2D eigenvalue weighted by molar-refractivity contribution is 1.22. The number of pyridine rings is 1. The van der Waals surface area contributed by atoms with Gasteiger partial charge in [-0.1, -0.05) is 91.0 Å². The van der Waals surface area contributed by atoms with E-state index in [9.17, 15) is 0 Å². The van der Waals surface area contributed by atoms with Crippen LogP contribution in [0.15, 0.2) is 140 Å². The Morgan fingerprint density at radius 2 is 1.12 bits per heavy atom. The van der Waals surface area contributed by atoms with Gasteiger partial charge < -0.3 is 0 Å². The van der Waals surface area contributed by atoms with Gasteiger partial charge in [0, 0.05) is 60.0 Å². The Morgan fingerprint density at radius 1 is 0.419 bits per heavy atom. The van der Waals surface area contributed by atoms with Gasteiger partial charge in [-0.25, -0.2) is 9.97 Å². The van der Waals surface area contributed by atoms with Crippen LogP contribution in [0, 0.1) is 0 Å². The van der Waals surface area contributed by atoms with E-state index < -0.39 is 0 Å². The summed E-state index contributed by atoms with van der Waals surface area (Å²) >= 11 is 1.84. The zero-order valence-corrected chi connectivity index (χ0v) is 23.8. The van der Waals surface area contributed by atoms with Crippen molar-refractivity contribution in [1.82, 2.24) is 15.0 Å². The molecule has 0 atom stereocenters. The number of nitrogens with zero attached hydrogens (tertiary/aromatic N) is 3. The Labute approximate surface area is 251 Å². The van der Waals surface area contributed by atoms with Crippen molar-refractivity contribution in [2.45, 2.75) is 0 Å². The van der Waals surface area contributed by atoms with E-state index in [1.807, 2.05) is 29.8 Å². The summed E-state index contributed by atoms with van der Waals surface area (Å²) in [5.41, 5.74) is 8.49. The second kappa shape index (κ2) is 9.55. The van der Waals surface area contributed by atoms with Crippen LogP contribution in [0.25, 0.3) is 86.1 Å². The van der Waals surface area contributed by atoms with E-state index in [1.165, 1.54) is 30.9 Å². The Balaban J connectivity index is 1.43. The van der Waals surface area contributed by atoms with Crippen molar-refractivity contribution in [1.29, 1.82) is 0 Å². The summed E-state index contributed by atoms with van der Waals surface area (Å²) in [6.07, 6.45) is 5.60. The van der Waals surface area contributed by atoms with Gasteiger partial charge in [0.1, 0.15) is 6.33 Å². The van der Waals surface area contributed by atoms with Crippen molar-refractivity contribution in [2.75, 3.05) is 0 Å². The first-order valence-corrected chi connectivity index (χ1v) is 15.2. The summed E-state index contributed by atoms with van der Waals surface area (Å²) < 4.78 is 2.58. The molecule has 0 saturated carbocycles. The zero-order valence-electron chi connectivity index (χ0n) is 23.0. The number of thiophene rings is 1. The number of hydrogen-bond donors (Lipinski definition) is 0. The first-order valence-electron chi connectivity index (χ1n) is 14.3. The van der Waals surface area contributed by atoms with Crippen LogP contribution in [0.3, 0.4) is 0 Å². The van der Waals surface area contributed by atoms with Crippen molar-refractivity contribution >= 4 is 64.1 Å². The first-order chi connectivity index (χ1) is 21.3. The molecule has 0 saturated heterocycles.